The topological polar surface area (TPSA) is 54.0 Å². The van der Waals surface area contributed by atoms with Crippen LogP contribution in [-0.2, 0) is 0 Å². The van der Waals surface area contributed by atoms with Crippen molar-refractivity contribution in [3.63, 3.8) is 0 Å². The maximum atomic E-state index is 12.2. The lowest BCUT2D eigenvalue weighted by Crippen LogP contribution is -2.15. The molecule has 1 amide bonds. The fourth-order valence-corrected chi connectivity index (χ4v) is 2.06. The van der Waals surface area contributed by atoms with Gasteiger partial charge < -0.3 is 10.6 Å². The van der Waals surface area contributed by atoms with Gasteiger partial charge in [0.25, 0.3) is 5.91 Å². The van der Waals surface area contributed by atoms with Crippen molar-refractivity contribution in [2.75, 3.05) is 17.2 Å². The molecule has 0 saturated heterocycles. The van der Waals surface area contributed by atoms with Crippen LogP contribution in [0.4, 0.5) is 11.4 Å². The van der Waals surface area contributed by atoms with Crippen molar-refractivity contribution in [2.45, 2.75) is 20.8 Å². The number of hydrogen-bond acceptors (Lipinski definition) is 3. The summed E-state index contributed by atoms with van der Waals surface area (Å²) in [4.78, 5) is 16.4. The number of nitrogens with zero attached hydrogens (tertiary/aromatic N) is 1. The molecule has 22 heavy (non-hydrogen) atoms. The average Bonchev–Trinajstić information content (AvgIpc) is 2.50. The summed E-state index contributed by atoms with van der Waals surface area (Å²) in [7, 11) is 0. The number of pyridine rings is 1. The Morgan fingerprint density at radius 3 is 2.68 bits per heavy atom. The zero-order valence-electron chi connectivity index (χ0n) is 13.0. The molecule has 0 atom stereocenters. The van der Waals surface area contributed by atoms with Crippen LogP contribution in [0.5, 0.6) is 0 Å². The Balaban J connectivity index is 2.05. The van der Waals surface area contributed by atoms with Crippen molar-refractivity contribution >= 4 is 28.9 Å². The van der Waals surface area contributed by atoms with E-state index in [2.05, 4.69) is 29.5 Å². The average molecular weight is 318 g/mol. The zero-order chi connectivity index (χ0) is 16.1. The van der Waals surface area contributed by atoms with Gasteiger partial charge in [-0.1, -0.05) is 31.5 Å². The molecular formula is C17H20ClN3O. The minimum Gasteiger partial charge on any atom is -0.384 e. The number of anilines is 2. The predicted molar refractivity (Wildman–Crippen MR) is 91.7 cm³/mol. The van der Waals surface area contributed by atoms with Gasteiger partial charge in [-0.3, -0.25) is 4.79 Å². The molecule has 0 fully saturated rings. The molecule has 0 aliphatic carbocycles. The highest BCUT2D eigenvalue weighted by atomic mass is 35.5. The van der Waals surface area contributed by atoms with Crippen molar-refractivity contribution in [1.29, 1.82) is 0 Å². The third kappa shape index (κ3) is 4.21. The number of aromatic nitrogens is 1. The van der Waals surface area contributed by atoms with Crippen LogP contribution in [-0.4, -0.2) is 17.4 Å². The maximum Gasteiger partial charge on any atom is 0.274 e. The van der Waals surface area contributed by atoms with Gasteiger partial charge in [-0.05, 0) is 42.7 Å². The summed E-state index contributed by atoms with van der Waals surface area (Å²) in [5.41, 5.74) is 2.81. The van der Waals surface area contributed by atoms with Crippen LogP contribution in [0.15, 0.2) is 36.5 Å². The van der Waals surface area contributed by atoms with E-state index in [1.54, 1.807) is 24.4 Å². The van der Waals surface area contributed by atoms with Crippen LogP contribution in [0.3, 0.4) is 0 Å². The first-order valence-electron chi connectivity index (χ1n) is 7.23. The normalized spacial score (nSPS) is 10.6. The molecule has 0 aliphatic heterocycles. The van der Waals surface area contributed by atoms with Gasteiger partial charge in [0.1, 0.15) is 5.69 Å². The summed E-state index contributed by atoms with van der Waals surface area (Å²) in [5.74, 6) is 0.301. The Labute approximate surface area is 135 Å². The zero-order valence-corrected chi connectivity index (χ0v) is 13.7. The first-order chi connectivity index (χ1) is 10.5. The number of halogens is 1. The number of rotatable bonds is 5. The van der Waals surface area contributed by atoms with Crippen molar-refractivity contribution in [1.82, 2.24) is 4.98 Å². The molecule has 1 heterocycles. The fourth-order valence-electron chi connectivity index (χ4n) is 1.88. The van der Waals surface area contributed by atoms with Crippen LogP contribution >= 0.6 is 11.6 Å². The Morgan fingerprint density at radius 1 is 1.27 bits per heavy atom. The molecule has 2 rings (SSSR count). The lowest BCUT2D eigenvalue weighted by atomic mass is 10.2. The molecule has 0 bridgehead atoms. The molecule has 4 nitrogen and oxygen atoms in total. The smallest absolute Gasteiger partial charge is 0.274 e. The number of carbonyl (C=O) groups is 1. The number of hydrogen-bond donors (Lipinski definition) is 2. The van der Waals surface area contributed by atoms with Crippen molar-refractivity contribution < 1.29 is 4.79 Å². The van der Waals surface area contributed by atoms with Gasteiger partial charge in [-0.25, -0.2) is 4.98 Å². The third-order valence-corrected chi connectivity index (χ3v) is 3.64. The second-order valence-electron chi connectivity index (χ2n) is 5.57. The Kier molecular flexibility index (Phi) is 5.39. The van der Waals surface area contributed by atoms with Gasteiger partial charge in [-0.15, -0.1) is 0 Å². The highest BCUT2D eigenvalue weighted by Gasteiger charge is 2.10. The van der Waals surface area contributed by atoms with Gasteiger partial charge in [0.2, 0.25) is 0 Å². The van der Waals surface area contributed by atoms with Gasteiger partial charge >= 0.3 is 0 Å². The second-order valence-corrected chi connectivity index (χ2v) is 5.98. The van der Waals surface area contributed by atoms with Crippen LogP contribution in [0, 0.1) is 12.8 Å². The number of amides is 1. The van der Waals surface area contributed by atoms with Gasteiger partial charge in [-0.2, -0.15) is 0 Å². The summed E-state index contributed by atoms with van der Waals surface area (Å²) in [6, 6.07) is 8.97. The van der Waals surface area contributed by atoms with Crippen molar-refractivity contribution in [3.05, 3.63) is 52.8 Å². The largest absolute Gasteiger partial charge is 0.384 e. The Hall–Kier alpha value is -2.07. The van der Waals surface area contributed by atoms with Crippen LogP contribution in [0.2, 0.25) is 5.02 Å². The maximum absolute atomic E-state index is 12.2. The molecule has 2 aromatic rings. The second kappa shape index (κ2) is 7.27. The van der Waals surface area contributed by atoms with E-state index in [9.17, 15) is 4.79 Å². The Morgan fingerprint density at radius 2 is 2.05 bits per heavy atom. The number of carbonyl (C=O) groups excluding carboxylic acids is 1. The van der Waals surface area contributed by atoms with Gasteiger partial charge in [0.15, 0.2) is 0 Å². The third-order valence-electron chi connectivity index (χ3n) is 3.23. The molecular weight excluding hydrogens is 298 g/mol. The minimum absolute atomic E-state index is 0.249. The monoisotopic (exact) mass is 317 g/mol. The van der Waals surface area contributed by atoms with Gasteiger partial charge in [0.05, 0.1) is 11.9 Å². The fraction of sp³-hybridized carbons (Fsp3) is 0.294. The van der Waals surface area contributed by atoms with Crippen molar-refractivity contribution in [3.8, 4) is 0 Å². The lowest BCUT2D eigenvalue weighted by molar-refractivity contribution is 0.102. The molecule has 0 aliphatic rings. The minimum atomic E-state index is -0.249. The van der Waals surface area contributed by atoms with E-state index in [1.807, 2.05) is 19.1 Å². The van der Waals surface area contributed by atoms with E-state index in [4.69, 9.17) is 11.6 Å². The van der Waals surface area contributed by atoms with Crippen molar-refractivity contribution in [2.24, 2.45) is 5.92 Å². The summed E-state index contributed by atoms with van der Waals surface area (Å²) in [5, 5.41) is 6.72. The molecule has 0 unspecified atom stereocenters. The number of benzene rings is 1. The predicted octanol–water partition coefficient (Wildman–Crippen LogP) is 4.36. The summed E-state index contributed by atoms with van der Waals surface area (Å²) in [6.07, 6.45) is 1.67. The van der Waals surface area contributed by atoms with E-state index >= 15 is 0 Å². The van der Waals surface area contributed by atoms with E-state index in [0.717, 1.165) is 17.8 Å². The summed E-state index contributed by atoms with van der Waals surface area (Å²) < 4.78 is 0. The molecule has 116 valence electrons. The molecule has 1 aromatic carbocycles. The molecule has 1 aromatic heterocycles. The summed E-state index contributed by atoms with van der Waals surface area (Å²) >= 11 is 6.05. The molecule has 5 heteroatoms. The quantitative estimate of drug-likeness (QED) is 0.861. The van der Waals surface area contributed by atoms with Gasteiger partial charge in [0, 0.05) is 17.3 Å². The first-order valence-corrected chi connectivity index (χ1v) is 7.61. The van der Waals surface area contributed by atoms with Crippen LogP contribution in [0.1, 0.15) is 29.9 Å². The number of nitrogens with one attached hydrogen (secondary N) is 2. The lowest BCUT2D eigenvalue weighted by Gasteiger charge is -2.10. The molecule has 0 radical (unpaired) electrons. The molecule has 0 saturated carbocycles. The van der Waals surface area contributed by atoms with E-state index in [1.165, 1.54) is 0 Å². The first kappa shape index (κ1) is 16.3. The van der Waals surface area contributed by atoms with E-state index in [-0.39, 0.29) is 5.91 Å². The summed E-state index contributed by atoms with van der Waals surface area (Å²) in [6.45, 7) is 7.00. The highest BCUT2D eigenvalue weighted by Crippen LogP contribution is 2.23. The Bertz CT molecular complexity index is 653. The molecule has 2 N–H and O–H groups in total. The van der Waals surface area contributed by atoms with Crippen LogP contribution < -0.4 is 10.6 Å². The molecule has 0 spiro atoms. The van der Waals surface area contributed by atoms with Crippen LogP contribution in [0.25, 0.3) is 0 Å². The SMILES string of the molecule is Cc1c(Cl)cccc1NC(=O)c1ccc(NCC(C)C)cn1. The highest BCUT2D eigenvalue weighted by molar-refractivity contribution is 6.31. The van der Waals surface area contributed by atoms with E-state index < -0.39 is 0 Å². The van der Waals surface area contributed by atoms with E-state index in [0.29, 0.717) is 22.3 Å². The standard InChI is InChI=1S/C17H20ClN3O/c1-11(2)9-19-13-7-8-16(20-10-13)17(22)21-15-6-4-5-14(18)12(15)3/h4-8,10-11,19H,9H2,1-3H3,(H,21,22).